The van der Waals surface area contributed by atoms with E-state index in [1.54, 1.807) is 9.80 Å². The van der Waals surface area contributed by atoms with Crippen LogP contribution in [0.2, 0.25) is 0 Å². The number of carbonyl (C=O) groups excluding carboxylic acids is 2. The van der Waals surface area contributed by atoms with Gasteiger partial charge in [-0.05, 0) is 39.8 Å². The van der Waals surface area contributed by atoms with Crippen LogP contribution in [0.5, 0.6) is 0 Å². The Hall–Kier alpha value is -4.04. The lowest BCUT2D eigenvalue weighted by Gasteiger charge is -2.26. The number of nitro benzene ring substituents is 2. The van der Waals surface area contributed by atoms with Gasteiger partial charge < -0.3 is 9.47 Å². The van der Waals surface area contributed by atoms with Crippen LogP contribution in [0.15, 0.2) is 36.4 Å². The summed E-state index contributed by atoms with van der Waals surface area (Å²) in [7, 11) is 0. The molecular weight excluding hydrogens is 534 g/mol. The number of halogens is 2. The molecule has 0 atom stereocenters. The number of nitrogens with zero attached hydrogens (tertiary/aromatic N) is 4. The van der Waals surface area contributed by atoms with Crippen LogP contribution in [0.3, 0.4) is 0 Å². The Morgan fingerprint density at radius 3 is 1.40 bits per heavy atom. The third-order valence-corrected chi connectivity index (χ3v) is 6.08. The number of hydrogen-bond acceptors (Lipinski definition) is 10. The monoisotopic (exact) mass is 566 g/mol. The molecule has 2 rings (SSSR count). The second kappa shape index (κ2) is 14.9. The van der Waals surface area contributed by atoms with E-state index in [4.69, 9.17) is 9.47 Å². The maximum Gasteiger partial charge on any atom is 0.417 e. The van der Waals surface area contributed by atoms with E-state index in [-0.39, 0.29) is 74.0 Å². The third-order valence-electron chi connectivity index (χ3n) is 6.08. The van der Waals surface area contributed by atoms with Crippen LogP contribution in [-0.4, -0.2) is 70.0 Å². The van der Waals surface area contributed by atoms with E-state index in [0.29, 0.717) is 0 Å². The summed E-state index contributed by atoms with van der Waals surface area (Å²) >= 11 is 0. The SMILES string of the molecule is CC(C)N(CCOC(=O)C(=O)OCCN(Cc1cc([N+](=O)[O-])ccc1F)C(C)C)Cc1cc([N+](=O)[O-])ccc1F. The molecule has 0 N–H and O–H groups in total. The molecule has 0 bridgehead atoms. The van der Waals surface area contributed by atoms with Crippen LogP contribution >= 0.6 is 0 Å². The number of hydrogen-bond donors (Lipinski definition) is 0. The Balaban J connectivity index is 1.86. The normalized spacial score (nSPS) is 11.3. The van der Waals surface area contributed by atoms with Crippen molar-refractivity contribution in [2.45, 2.75) is 52.9 Å². The van der Waals surface area contributed by atoms with Crippen molar-refractivity contribution >= 4 is 23.3 Å². The molecular formula is C26H32F2N4O8. The van der Waals surface area contributed by atoms with E-state index in [1.165, 1.54) is 0 Å². The molecule has 0 radical (unpaired) electrons. The van der Waals surface area contributed by atoms with Crippen molar-refractivity contribution in [1.82, 2.24) is 9.80 Å². The molecule has 0 aromatic heterocycles. The lowest BCUT2D eigenvalue weighted by molar-refractivity contribution is -0.385. The molecule has 0 amide bonds. The minimum Gasteiger partial charge on any atom is -0.456 e. The van der Waals surface area contributed by atoms with Crippen molar-refractivity contribution in [3.8, 4) is 0 Å². The molecule has 0 saturated carbocycles. The summed E-state index contributed by atoms with van der Waals surface area (Å²) in [6.45, 7) is 7.09. The standard InChI is InChI=1S/C26H32F2N4O8/c1-17(2)29(15-19-13-21(31(35)36)5-7-23(19)27)9-11-39-25(33)26(34)40-12-10-30(18(3)4)16-20-14-22(32(37)38)6-8-24(20)28/h5-8,13-14,17-18H,9-12,15-16H2,1-4H3. The maximum absolute atomic E-state index is 14.2. The Bertz CT molecular complexity index is 1130. The lowest BCUT2D eigenvalue weighted by atomic mass is 10.1. The quantitative estimate of drug-likeness (QED) is 0.142. The molecule has 2 aromatic carbocycles. The van der Waals surface area contributed by atoms with Crippen LogP contribution < -0.4 is 0 Å². The highest BCUT2D eigenvalue weighted by Gasteiger charge is 2.22. The molecule has 0 heterocycles. The van der Waals surface area contributed by atoms with Gasteiger partial charge in [0.25, 0.3) is 11.4 Å². The third kappa shape index (κ3) is 9.61. The van der Waals surface area contributed by atoms with Gasteiger partial charge >= 0.3 is 11.9 Å². The van der Waals surface area contributed by atoms with Crippen LogP contribution in [0, 0.1) is 31.9 Å². The molecule has 0 aliphatic heterocycles. The van der Waals surface area contributed by atoms with Gasteiger partial charge in [0, 0.05) is 73.7 Å². The van der Waals surface area contributed by atoms with Gasteiger partial charge in [0.2, 0.25) is 0 Å². The molecule has 218 valence electrons. The second-order valence-corrected chi connectivity index (χ2v) is 9.47. The molecule has 0 spiro atoms. The highest BCUT2D eigenvalue weighted by molar-refractivity contribution is 6.29. The fourth-order valence-corrected chi connectivity index (χ4v) is 3.70. The topological polar surface area (TPSA) is 145 Å². The number of carbonyl (C=O) groups is 2. The van der Waals surface area contributed by atoms with Crippen molar-refractivity contribution < 1.29 is 37.7 Å². The molecule has 0 unspecified atom stereocenters. The van der Waals surface area contributed by atoms with Gasteiger partial charge in [-0.25, -0.2) is 18.4 Å². The average Bonchev–Trinajstić information content (AvgIpc) is 2.88. The summed E-state index contributed by atoms with van der Waals surface area (Å²) in [5.74, 6) is -3.68. The first kappa shape index (κ1) is 32.2. The van der Waals surface area contributed by atoms with Gasteiger partial charge in [0.05, 0.1) is 9.85 Å². The zero-order chi connectivity index (χ0) is 30.0. The van der Waals surface area contributed by atoms with Crippen molar-refractivity contribution in [2.24, 2.45) is 0 Å². The van der Waals surface area contributed by atoms with E-state index in [0.717, 1.165) is 36.4 Å². The molecule has 2 aromatic rings. The fourth-order valence-electron chi connectivity index (χ4n) is 3.70. The first-order valence-electron chi connectivity index (χ1n) is 12.5. The molecule has 0 fully saturated rings. The summed E-state index contributed by atoms with van der Waals surface area (Å²) in [6, 6.07) is 6.18. The Kier molecular flexibility index (Phi) is 12.0. The number of esters is 2. The highest BCUT2D eigenvalue weighted by atomic mass is 19.1. The summed E-state index contributed by atoms with van der Waals surface area (Å²) in [5, 5.41) is 22.0. The van der Waals surface area contributed by atoms with Gasteiger partial charge in [0.1, 0.15) is 24.8 Å². The zero-order valence-corrected chi connectivity index (χ0v) is 22.7. The summed E-state index contributed by atoms with van der Waals surface area (Å²) in [6.07, 6.45) is 0. The van der Waals surface area contributed by atoms with E-state index >= 15 is 0 Å². The van der Waals surface area contributed by atoms with Gasteiger partial charge in [-0.15, -0.1) is 0 Å². The van der Waals surface area contributed by atoms with Crippen molar-refractivity contribution in [3.05, 3.63) is 79.4 Å². The lowest BCUT2D eigenvalue weighted by Crippen LogP contribution is -2.36. The van der Waals surface area contributed by atoms with E-state index in [1.807, 2.05) is 27.7 Å². The average molecular weight is 567 g/mol. The summed E-state index contributed by atoms with van der Waals surface area (Å²) < 4.78 is 38.3. The Labute approximate surface area is 229 Å². The first-order chi connectivity index (χ1) is 18.8. The minimum atomic E-state index is -1.23. The van der Waals surface area contributed by atoms with Crippen LogP contribution in [0.1, 0.15) is 38.8 Å². The molecule has 0 aliphatic carbocycles. The van der Waals surface area contributed by atoms with Gasteiger partial charge in [-0.2, -0.15) is 0 Å². The predicted molar refractivity (Wildman–Crippen MR) is 139 cm³/mol. The Morgan fingerprint density at radius 1 is 0.750 bits per heavy atom. The van der Waals surface area contributed by atoms with Crippen molar-refractivity contribution in [1.29, 1.82) is 0 Å². The van der Waals surface area contributed by atoms with Crippen LogP contribution in [0.4, 0.5) is 20.2 Å². The zero-order valence-electron chi connectivity index (χ0n) is 22.7. The maximum atomic E-state index is 14.2. The molecule has 12 nitrogen and oxygen atoms in total. The smallest absolute Gasteiger partial charge is 0.417 e. The predicted octanol–water partition coefficient (Wildman–Crippen LogP) is 3.99. The van der Waals surface area contributed by atoms with E-state index < -0.39 is 33.4 Å². The van der Waals surface area contributed by atoms with E-state index in [9.17, 15) is 38.6 Å². The number of nitro groups is 2. The molecule has 0 aliphatic rings. The summed E-state index contributed by atoms with van der Waals surface area (Å²) in [4.78, 5) is 48.4. The molecule has 14 heteroatoms. The van der Waals surface area contributed by atoms with Crippen LogP contribution in [-0.2, 0) is 32.2 Å². The number of benzene rings is 2. The minimum absolute atomic E-state index is 0.0172. The van der Waals surface area contributed by atoms with Crippen molar-refractivity contribution in [3.63, 3.8) is 0 Å². The van der Waals surface area contributed by atoms with Crippen LogP contribution in [0.25, 0.3) is 0 Å². The van der Waals surface area contributed by atoms with Gasteiger partial charge in [-0.1, -0.05) is 0 Å². The van der Waals surface area contributed by atoms with Gasteiger partial charge in [0.15, 0.2) is 0 Å². The van der Waals surface area contributed by atoms with E-state index in [2.05, 4.69) is 0 Å². The van der Waals surface area contributed by atoms with Crippen molar-refractivity contribution in [2.75, 3.05) is 26.3 Å². The fraction of sp³-hybridized carbons (Fsp3) is 0.462. The number of non-ortho nitro benzene ring substituents is 2. The Morgan fingerprint density at radius 2 is 1.10 bits per heavy atom. The summed E-state index contributed by atoms with van der Waals surface area (Å²) in [5.41, 5.74) is -0.289. The number of ether oxygens (including phenoxy) is 2. The van der Waals surface area contributed by atoms with Gasteiger partial charge in [-0.3, -0.25) is 30.0 Å². The highest BCUT2D eigenvalue weighted by Crippen LogP contribution is 2.20. The second-order valence-electron chi connectivity index (χ2n) is 9.47. The number of rotatable bonds is 14. The molecule has 40 heavy (non-hydrogen) atoms. The first-order valence-corrected chi connectivity index (χ1v) is 12.5. The molecule has 0 saturated heterocycles. The largest absolute Gasteiger partial charge is 0.456 e.